The summed E-state index contributed by atoms with van der Waals surface area (Å²) >= 11 is 0. The SMILES string of the molecule is NC(Cc1ccc2c(-c3ccc(-c4cc(-c5ccccc5)cc(-c5ccccc5)n4)cc3)cccc2c1)(c1ccccc1)c1ccccc1. The highest BCUT2D eigenvalue weighted by atomic mass is 14.7. The van der Waals surface area contributed by atoms with Crippen LogP contribution in [0.4, 0.5) is 0 Å². The van der Waals surface area contributed by atoms with Crippen molar-refractivity contribution < 1.29 is 0 Å². The molecule has 0 saturated carbocycles. The fourth-order valence-electron chi connectivity index (χ4n) is 6.91. The van der Waals surface area contributed by atoms with Crippen LogP contribution in [0.2, 0.25) is 0 Å². The van der Waals surface area contributed by atoms with Gasteiger partial charge in [-0.05, 0) is 68.3 Å². The largest absolute Gasteiger partial charge is 0.317 e. The molecule has 0 saturated heterocycles. The maximum Gasteiger partial charge on any atom is 0.0715 e. The molecular weight excluding hydrogens is 593 g/mol. The zero-order chi connectivity index (χ0) is 33.0. The standard InChI is InChI=1S/C47H36N2/c48-47(41-19-9-3-10-20-41,42-21-11-4-12-22-42)33-34-24-29-44-39(30-34)18-13-23-43(44)36-25-27-38(28-26-36)46-32-40(35-14-5-1-6-15-35)31-45(49-46)37-16-7-2-8-17-37/h1-32H,33,48H2. The van der Waals surface area contributed by atoms with E-state index in [4.69, 9.17) is 10.7 Å². The van der Waals surface area contributed by atoms with Gasteiger partial charge in [-0.1, -0.05) is 182 Å². The average Bonchev–Trinajstić information content (AvgIpc) is 3.19. The Balaban J connectivity index is 1.13. The van der Waals surface area contributed by atoms with Crippen LogP contribution in [0.3, 0.4) is 0 Å². The smallest absolute Gasteiger partial charge is 0.0715 e. The summed E-state index contributed by atoms with van der Waals surface area (Å²) in [6.45, 7) is 0. The van der Waals surface area contributed by atoms with Crippen molar-refractivity contribution in [3.8, 4) is 44.8 Å². The van der Waals surface area contributed by atoms with Crippen LogP contribution in [0.1, 0.15) is 16.7 Å². The minimum atomic E-state index is -0.643. The molecule has 0 atom stereocenters. The Bertz CT molecular complexity index is 2230. The molecule has 0 amide bonds. The van der Waals surface area contributed by atoms with Gasteiger partial charge in [0.25, 0.3) is 0 Å². The highest BCUT2D eigenvalue weighted by molar-refractivity contribution is 5.97. The van der Waals surface area contributed by atoms with E-state index in [1.54, 1.807) is 0 Å². The van der Waals surface area contributed by atoms with E-state index in [2.05, 4.69) is 176 Å². The Morgan fingerprint density at radius 2 is 0.918 bits per heavy atom. The lowest BCUT2D eigenvalue weighted by molar-refractivity contribution is 0.535. The molecule has 0 aliphatic carbocycles. The van der Waals surface area contributed by atoms with E-state index >= 15 is 0 Å². The third-order valence-corrected chi connectivity index (χ3v) is 9.50. The highest BCUT2D eigenvalue weighted by Crippen LogP contribution is 2.36. The van der Waals surface area contributed by atoms with Crippen LogP contribution >= 0.6 is 0 Å². The summed E-state index contributed by atoms with van der Waals surface area (Å²) in [6.07, 6.45) is 0.690. The van der Waals surface area contributed by atoms with Gasteiger partial charge >= 0.3 is 0 Å². The van der Waals surface area contributed by atoms with Crippen molar-refractivity contribution in [2.24, 2.45) is 5.73 Å². The van der Waals surface area contributed by atoms with Gasteiger partial charge in [-0.3, -0.25) is 0 Å². The van der Waals surface area contributed by atoms with E-state index in [-0.39, 0.29) is 0 Å². The Labute approximate surface area is 288 Å². The fourth-order valence-corrected chi connectivity index (χ4v) is 6.91. The summed E-state index contributed by atoms with van der Waals surface area (Å²) in [5, 5.41) is 2.42. The fraction of sp³-hybridized carbons (Fsp3) is 0.0426. The van der Waals surface area contributed by atoms with Crippen molar-refractivity contribution in [2.75, 3.05) is 0 Å². The van der Waals surface area contributed by atoms with Gasteiger partial charge in [-0.25, -0.2) is 4.98 Å². The second kappa shape index (κ2) is 13.2. The summed E-state index contributed by atoms with van der Waals surface area (Å²) < 4.78 is 0. The van der Waals surface area contributed by atoms with Crippen LogP contribution in [0.5, 0.6) is 0 Å². The van der Waals surface area contributed by atoms with Gasteiger partial charge in [0.2, 0.25) is 0 Å². The molecule has 8 rings (SSSR count). The van der Waals surface area contributed by atoms with Crippen LogP contribution in [-0.2, 0) is 12.0 Å². The van der Waals surface area contributed by atoms with E-state index in [1.165, 1.54) is 33.0 Å². The van der Waals surface area contributed by atoms with Crippen molar-refractivity contribution >= 4 is 10.8 Å². The molecule has 0 fully saturated rings. The van der Waals surface area contributed by atoms with Gasteiger partial charge in [0, 0.05) is 11.1 Å². The first-order valence-corrected chi connectivity index (χ1v) is 16.8. The number of benzene rings is 7. The van der Waals surface area contributed by atoms with Crippen LogP contribution in [0, 0.1) is 0 Å². The third kappa shape index (κ3) is 6.18. The topological polar surface area (TPSA) is 38.9 Å². The van der Waals surface area contributed by atoms with Gasteiger partial charge in [-0.2, -0.15) is 0 Å². The molecule has 8 aromatic rings. The Morgan fingerprint density at radius 1 is 0.408 bits per heavy atom. The van der Waals surface area contributed by atoms with Crippen LogP contribution in [0.25, 0.3) is 55.5 Å². The summed E-state index contributed by atoms with van der Waals surface area (Å²) in [5.74, 6) is 0. The molecule has 2 N–H and O–H groups in total. The molecule has 2 nitrogen and oxygen atoms in total. The van der Waals surface area contributed by atoms with Crippen molar-refractivity contribution in [3.63, 3.8) is 0 Å². The molecule has 7 aromatic carbocycles. The molecule has 234 valence electrons. The molecule has 0 spiro atoms. The first kappa shape index (κ1) is 30.3. The van der Waals surface area contributed by atoms with Gasteiger partial charge < -0.3 is 5.73 Å². The molecule has 0 unspecified atom stereocenters. The molecule has 0 bridgehead atoms. The first-order chi connectivity index (χ1) is 24.1. The second-order valence-electron chi connectivity index (χ2n) is 12.7. The van der Waals surface area contributed by atoms with Gasteiger partial charge in [0.1, 0.15) is 0 Å². The molecule has 49 heavy (non-hydrogen) atoms. The summed E-state index contributed by atoms with van der Waals surface area (Å²) in [6, 6.07) is 68.3. The molecular formula is C47H36N2. The maximum absolute atomic E-state index is 7.28. The van der Waals surface area contributed by atoms with Crippen molar-refractivity contribution in [3.05, 3.63) is 211 Å². The Kier molecular flexibility index (Phi) is 8.15. The van der Waals surface area contributed by atoms with E-state index in [1.807, 2.05) is 18.2 Å². The number of rotatable bonds is 8. The summed E-state index contributed by atoms with van der Waals surface area (Å²) in [7, 11) is 0. The monoisotopic (exact) mass is 628 g/mol. The molecule has 1 aromatic heterocycles. The Hall–Kier alpha value is -6.09. The van der Waals surface area contributed by atoms with Gasteiger partial charge in [0.05, 0.1) is 16.9 Å². The van der Waals surface area contributed by atoms with Crippen LogP contribution in [-0.4, -0.2) is 4.98 Å². The molecule has 0 radical (unpaired) electrons. The lowest BCUT2D eigenvalue weighted by atomic mass is 9.78. The predicted octanol–water partition coefficient (Wildman–Crippen LogP) is 11.3. The number of fused-ring (bicyclic) bond motifs is 1. The highest BCUT2D eigenvalue weighted by Gasteiger charge is 2.30. The number of nitrogens with two attached hydrogens (primary N) is 1. The van der Waals surface area contributed by atoms with E-state index in [0.717, 1.165) is 39.2 Å². The number of nitrogens with zero attached hydrogens (tertiary/aromatic N) is 1. The van der Waals surface area contributed by atoms with Crippen molar-refractivity contribution in [2.45, 2.75) is 12.0 Å². The Morgan fingerprint density at radius 3 is 1.51 bits per heavy atom. The maximum atomic E-state index is 7.28. The first-order valence-electron chi connectivity index (χ1n) is 16.8. The minimum absolute atomic E-state index is 0.643. The van der Waals surface area contributed by atoms with Crippen molar-refractivity contribution in [1.82, 2.24) is 4.98 Å². The number of hydrogen-bond acceptors (Lipinski definition) is 2. The van der Waals surface area contributed by atoms with E-state index in [9.17, 15) is 0 Å². The lowest BCUT2D eigenvalue weighted by Crippen LogP contribution is -2.40. The molecule has 1 heterocycles. The van der Waals surface area contributed by atoms with Gasteiger partial charge in [0.15, 0.2) is 0 Å². The molecule has 2 heteroatoms. The summed E-state index contributed by atoms with van der Waals surface area (Å²) in [4.78, 5) is 5.12. The zero-order valence-corrected chi connectivity index (χ0v) is 27.2. The average molecular weight is 629 g/mol. The minimum Gasteiger partial charge on any atom is -0.317 e. The third-order valence-electron chi connectivity index (χ3n) is 9.50. The quantitative estimate of drug-likeness (QED) is 0.182. The molecule has 0 aliphatic heterocycles. The van der Waals surface area contributed by atoms with E-state index in [0.29, 0.717) is 6.42 Å². The number of aromatic nitrogens is 1. The van der Waals surface area contributed by atoms with Crippen LogP contribution in [0.15, 0.2) is 194 Å². The summed E-state index contributed by atoms with van der Waals surface area (Å²) in [5.41, 5.74) is 18.9. The van der Waals surface area contributed by atoms with Gasteiger partial charge in [-0.15, -0.1) is 0 Å². The van der Waals surface area contributed by atoms with E-state index < -0.39 is 5.54 Å². The normalized spacial score (nSPS) is 11.4. The predicted molar refractivity (Wildman–Crippen MR) is 205 cm³/mol. The van der Waals surface area contributed by atoms with Crippen LogP contribution < -0.4 is 5.73 Å². The second-order valence-corrected chi connectivity index (χ2v) is 12.7. The molecule has 0 aliphatic rings. The number of hydrogen-bond donors (Lipinski definition) is 1. The lowest BCUT2D eigenvalue weighted by Gasteiger charge is -2.31. The van der Waals surface area contributed by atoms with Crippen molar-refractivity contribution in [1.29, 1.82) is 0 Å². The zero-order valence-electron chi connectivity index (χ0n) is 27.2. The number of pyridine rings is 1.